The molecule has 40 heavy (non-hydrogen) atoms. The molecule has 0 saturated heterocycles. The fraction of sp³-hybridized carbons (Fsp3) is 0.952. The van der Waals surface area contributed by atoms with Crippen LogP contribution in [0.15, 0.2) is 0 Å². The molecule has 0 aliphatic carbocycles. The second kappa shape index (κ2) is 12.7. The van der Waals surface area contributed by atoms with Crippen LogP contribution in [0, 0.1) is 5.92 Å². The highest BCUT2D eigenvalue weighted by atomic mass is 19.4. The molecule has 0 aliphatic rings. The van der Waals surface area contributed by atoms with Gasteiger partial charge in [0.2, 0.25) is 5.91 Å². The van der Waals surface area contributed by atoms with Crippen LogP contribution in [-0.4, -0.2) is 53.5 Å². The van der Waals surface area contributed by atoms with Gasteiger partial charge in [0.1, 0.15) is 5.92 Å². The molecule has 2 N–H and O–H groups in total. The maximum absolute atomic E-state index is 14.4. The van der Waals surface area contributed by atoms with Crippen molar-refractivity contribution in [3.8, 4) is 0 Å². The van der Waals surface area contributed by atoms with Crippen LogP contribution in [0.2, 0.25) is 0 Å². The average molecular weight is 631 g/mol. The molecular formula is C21H26F17NO. The number of carbonyl (C=O) groups excluding carboxylic acids is 1. The Kier molecular flexibility index (Phi) is 12.1. The van der Waals surface area contributed by atoms with Gasteiger partial charge >= 0.3 is 47.6 Å². The lowest BCUT2D eigenvalue weighted by molar-refractivity contribution is -0.463. The number of alkyl halides is 17. The fourth-order valence-corrected chi connectivity index (χ4v) is 3.56. The van der Waals surface area contributed by atoms with Crippen molar-refractivity contribution in [1.29, 1.82) is 0 Å². The Morgan fingerprint density at radius 3 is 1.12 bits per heavy atom. The summed E-state index contributed by atoms with van der Waals surface area (Å²) >= 11 is 0. The van der Waals surface area contributed by atoms with E-state index >= 15 is 0 Å². The molecule has 0 aliphatic heterocycles. The molecule has 0 spiro atoms. The summed E-state index contributed by atoms with van der Waals surface area (Å²) in [5.41, 5.74) is 4.46. The third kappa shape index (κ3) is 6.67. The van der Waals surface area contributed by atoms with Crippen LogP contribution < -0.4 is 5.73 Å². The third-order valence-corrected chi connectivity index (χ3v) is 6.12. The van der Waals surface area contributed by atoms with Gasteiger partial charge in [-0.3, -0.25) is 4.79 Å². The average Bonchev–Trinajstić information content (AvgIpc) is 2.78. The maximum atomic E-state index is 14.4. The number of amides is 1. The molecule has 1 atom stereocenters. The minimum absolute atomic E-state index is 0.122. The molecule has 0 aromatic carbocycles. The van der Waals surface area contributed by atoms with Gasteiger partial charge in [-0.05, 0) is 6.42 Å². The number of hydrogen-bond donors (Lipinski definition) is 1. The van der Waals surface area contributed by atoms with Crippen molar-refractivity contribution in [3.63, 3.8) is 0 Å². The Labute approximate surface area is 216 Å². The summed E-state index contributed by atoms with van der Waals surface area (Å²) in [7, 11) is 0. The van der Waals surface area contributed by atoms with Crippen LogP contribution in [0.5, 0.6) is 0 Å². The van der Waals surface area contributed by atoms with Crippen LogP contribution in [0.1, 0.15) is 71.1 Å². The van der Waals surface area contributed by atoms with Crippen molar-refractivity contribution in [2.24, 2.45) is 11.7 Å². The van der Waals surface area contributed by atoms with E-state index in [1.807, 2.05) is 6.92 Å². The van der Waals surface area contributed by atoms with Gasteiger partial charge in [0.05, 0.1) is 0 Å². The second-order valence-electron chi connectivity index (χ2n) is 9.14. The van der Waals surface area contributed by atoms with Gasteiger partial charge in [-0.15, -0.1) is 0 Å². The number of rotatable bonds is 18. The Morgan fingerprint density at radius 1 is 0.500 bits per heavy atom. The van der Waals surface area contributed by atoms with Crippen LogP contribution >= 0.6 is 0 Å². The van der Waals surface area contributed by atoms with Crippen molar-refractivity contribution >= 4 is 5.91 Å². The molecule has 0 heterocycles. The highest BCUT2D eigenvalue weighted by molar-refractivity contribution is 5.78. The monoisotopic (exact) mass is 631 g/mol. The first kappa shape index (κ1) is 38.3. The van der Waals surface area contributed by atoms with Crippen LogP contribution in [0.3, 0.4) is 0 Å². The molecule has 1 amide bonds. The predicted molar refractivity (Wildman–Crippen MR) is 105 cm³/mol. The van der Waals surface area contributed by atoms with Crippen molar-refractivity contribution < 1.29 is 79.4 Å². The van der Waals surface area contributed by atoms with E-state index in [1.54, 1.807) is 0 Å². The Morgan fingerprint density at radius 2 is 0.800 bits per heavy atom. The van der Waals surface area contributed by atoms with E-state index in [1.165, 1.54) is 0 Å². The lowest BCUT2D eigenvalue weighted by atomic mass is 9.83. The van der Waals surface area contributed by atoms with Gasteiger partial charge < -0.3 is 5.73 Å². The van der Waals surface area contributed by atoms with Gasteiger partial charge in [-0.2, -0.15) is 74.6 Å². The predicted octanol–water partition coefficient (Wildman–Crippen LogP) is 9.02. The smallest absolute Gasteiger partial charge is 0.369 e. The zero-order valence-corrected chi connectivity index (χ0v) is 20.6. The van der Waals surface area contributed by atoms with Gasteiger partial charge in [0.25, 0.3) is 0 Å². The molecule has 19 heteroatoms. The van der Waals surface area contributed by atoms with E-state index in [0.29, 0.717) is 12.8 Å². The summed E-state index contributed by atoms with van der Waals surface area (Å²) in [4.78, 5) is 11.3. The number of primary amides is 1. The largest absolute Gasteiger partial charge is 0.460 e. The minimum Gasteiger partial charge on any atom is -0.369 e. The van der Waals surface area contributed by atoms with Crippen molar-refractivity contribution in [3.05, 3.63) is 0 Å². The van der Waals surface area contributed by atoms with E-state index in [-0.39, 0.29) is 12.8 Å². The van der Waals surface area contributed by atoms with E-state index in [0.717, 1.165) is 25.7 Å². The van der Waals surface area contributed by atoms with Crippen molar-refractivity contribution in [1.82, 2.24) is 0 Å². The summed E-state index contributed by atoms with van der Waals surface area (Å²) in [6, 6.07) is 0. The summed E-state index contributed by atoms with van der Waals surface area (Å²) < 4.78 is 228. The van der Waals surface area contributed by atoms with Crippen molar-refractivity contribution in [2.45, 2.75) is 119 Å². The molecule has 0 aromatic rings. The maximum Gasteiger partial charge on any atom is 0.460 e. The highest BCUT2D eigenvalue weighted by Crippen LogP contribution is 2.64. The van der Waals surface area contributed by atoms with Gasteiger partial charge in [0.15, 0.2) is 0 Å². The summed E-state index contributed by atoms with van der Waals surface area (Å²) in [5.74, 6) is -63.7. The van der Waals surface area contributed by atoms with E-state index in [4.69, 9.17) is 0 Å². The first-order valence-corrected chi connectivity index (χ1v) is 11.6. The summed E-state index contributed by atoms with van der Waals surface area (Å²) in [6.07, 6.45) is -5.32. The van der Waals surface area contributed by atoms with Gasteiger partial charge in [-0.1, -0.05) is 64.7 Å². The van der Waals surface area contributed by atoms with Crippen LogP contribution in [0.25, 0.3) is 0 Å². The molecule has 0 radical (unpaired) electrons. The van der Waals surface area contributed by atoms with E-state index < -0.39 is 72.3 Å². The first-order valence-electron chi connectivity index (χ1n) is 11.6. The van der Waals surface area contributed by atoms with E-state index in [9.17, 15) is 79.4 Å². The second-order valence-corrected chi connectivity index (χ2v) is 9.14. The van der Waals surface area contributed by atoms with Gasteiger partial charge in [-0.25, -0.2) is 0 Å². The topological polar surface area (TPSA) is 43.1 Å². The molecule has 240 valence electrons. The van der Waals surface area contributed by atoms with E-state index in [2.05, 4.69) is 5.73 Å². The minimum atomic E-state index is -8.71. The number of halogens is 17. The Balaban J connectivity index is 6.10. The fourth-order valence-electron chi connectivity index (χ4n) is 3.56. The molecule has 0 fully saturated rings. The third-order valence-electron chi connectivity index (χ3n) is 6.12. The molecule has 0 saturated carbocycles. The molecular weight excluding hydrogens is 605 g/mol. The number of hydrogen-bond acceptors (Lipinski definition) is 1. The molecule has 0 rings (SSSR count). The Hall–Kier alpha value is -1.72. The van der Waals surface area contributed by atoms with Crippen LogP contribution in [-0.2, 0) is 4.79 Å². The number of nitrogens with two attached hydrogens (primary N) is 1. The first-order chi connectivity index (χ1) is 17.6. The molecule has 0 bridgehead atoms. The quantitative estimate of drug-likeness (QED) is 0.119. The number of unbranched alkanes of at least 4 members (excludes halogenated alkanes) is 8. The molecule has 2 nitrogen and oxygen atoms in total. The SMILES string of the molecule is CCCCCCCCCCCC(C(N)=O)C(F)(F)C(F)(F)C(F)(F)C(F)(F)C(F)(F)C(F)(F)C(F)(F)C(F)(F)F. The lowest BCUT2D eigenvalue weighted by Gasteiger charge is -2.43. The zero-order chi connectivity index (χ0) is 32.2. The zero-order valence-electron chi connectivity index (χ0n) is 20.6. The summed E-state index contributed by atoms with van der Waals surface area (Å²) in [6.45, 7) is 1.93. The highest BCUT2D eigenvalue weighted by Gasteiger charge is 2.95. The van der Waals surface area contributed by atoms with Crippen LogP contribution in [0.4, 0.5) is 74.6 Å². The van der Waals surface area contributed by atoms with Crippen molar-refractivity contribution in [2.75, 3.05) is 0 Å². The Bertz CT molecular complexity index is 822. The number of carbonyl (C=O) groups is 1. The molecule has 0 aromatic heterocycles. The summed E-state index contributed by atoms with van der Waals surface area (Å²) in [5, 5.41) is 0. The van der Waals surface area contributed by atoms with Gasteiger partial charge in [0, 0.05) is 0 Å². The molecule has 1 unspecified atom stereocenters. The normalized spacial score (nSPS) is 15.8. The standard InChI is InChI=1S/C21H26F17NO/c1-2-3-4-5-6-7-8-9-10-11-12(13(39)40)14(22,23)15(24,25)16(26,27)17(28,29)18(30,31)19(32,33)20(34,35)21(36,37)38/h12H,2-11H2,1H3,(H2,39,40). The lowest BCUT2D eigenvalue weighted by Crippen LogP contribution is -2.75.